The summed E-state index contributed by atoms with van der Waals surface area (Å²) in [6.07, 6.45) is 3.11. The number of rotatable bonds is 3. The predicted octanol–water partition coefficient (Wildman–Crippen LogP) is 2.21. The van der Waals surface area contributed by atoms with Gasteiger partial charge >= 0.3 is 5.97 Å². The second-order valence-corrected chi connectivity index (χ2v) is 6.28. The van der Waals surface area contributed by atoms with Crippen molar-refractivity contribution in [2.45, 2.75) is 39.0 Å². The molecule has 1 N–H and O–H groups in total. The summed E-state index contributed by atoms with van der Waals surface area (Å²) in [7, 11) is 0. The van der Waals surface area contributed by atoms with Crippen LogP contribution >= 0.6 is 0 Å². The Kier molecular flexibility index (Phi) is 3.36. The minimum absolute atomic E-state index is 0.293. The molecule has 2 unspecified atom stereocenters. The molecule has 0 spiro atoms. The summed E-state index contributed by atoms with van der Waals surface area (Å²) in [5.41, 5.74) is 0.974. The molecule has 2 heterocycles. The summed E-state index contributed by atoms with van der Waals surface area (Å²) >= 11 is 0. The number of piperidine rings is 1. The summed E-state index contributed by atoms with van der Waals surface area (Å²) in [6, 6.07) is 1.98. The van der Waals surface area contributed by atoms with Gasteiger partial charge in [-0.1, -0.05) is 6.92 Å². The lowest BCUT2D eigenvalue weighted by atomic mass is 9.90. The number of aliphatic carboxylic acids is 1. The molecule has 0 radical (unpaired) electrons. The Balaban J connectivity index is 1.85. The first-order valence-corrected chi connectivity index (χ1v) is 7.36. The average Bonchev–Trinajstić information content (AvgIpc) is 3.21. The first-order chi connectivity index (χ1) is 9.52. The topological polar surface area (TPSA) is 66.3 Å². The number of anilines is 1. The lowest BCUT2D eigenvalue weighted by Crippen LogP contribution is -2.43. The zero-order valence-electron chi connectivity index (χ0n) is 12.0. The zero-order valence-corrected chi connectivity index (χ0v) is 12.0. The maximum Gasteiger partial charge on any atom is 0.308 e. The van der Waals surface area contributed by atoms with Crippen LogP contribution in [0.3, 0.4) is 0 Å². The molecule has 2 atom stereocenters. The number of hydrogen-bond donors (Lipinski definition) is 1. The molecular weight excluding hydrogens is 254 g/mol. The van der Waals surface area contributed by atoms with Gasteiger partial charge in [-0.25, -0.2) is 9.97 Å². The molecule has 1 aliphatic heterocycles. The van der Waals surface area contributed by atoms with E-state index in [-0.39, 0.29) is 5.92 Å². The van der Waals surface area contributed by atoms with Crippen molar-refractivity contribution in [3.05, 3.63) is 17.6 Å². The maximum atomic E-state index is 11.3. The molecule has 108 valence electrons. The van der Waals surface area contributed by atoms with Crippen molar-refractivity contribution in [2.75, 3.05) is 18.0 Å². The summed E-state index contributed by atoms with van der Waals surface area (Å²) in [6.45, 7) is 5.53. The Morgan fingerprint density at radius 2 is 2.10 bits per heavy atom. The van der Waals surface area contributed by atoms with Crippen LogP contribution in [0.25, 0.3) is 0 Å². The molecule has 1 saturated carbocycles. The van der Waals surface area contributed by atoms with Crippen molar-refractivity contribution in [3.8, 4) is 0 Å². The number of carboxylic acid groups (broad SMARTS) is 1. The molecule has 1 saturated heterocycles. The fourth-order valence-electron chi connectivity index (χ4n) is 2.98. The van der Waals surface area contributed by atoms with Crippen LogP contribution in [0.15, 0.2) is 6.07 Å². The van der Waals surface area contributed by atoms with Gasteiger partial charge in [0.05, 0.1) is 5.92 Å². The first-order valence-electron chi connectivity index (χ1n) is 7.36. The third-order valence-electron chi connectivity index (χ3n) is 4.13. The molecule has 5 heteroatoms. The Hall–Kier alpha value is -1.65. The SMILES string of the molecule is Cc1cc(N2CC(C)CC(C(=O)O)C2)nc(C2CC2)n1. The summed E-state index contributed by atoms with van der Waals surface area (Å²) in [4.78, 5) is 22.6. The van der Waals surface area contributed by atoms with Gasteiger partial charge in [0.1, 0.15) is 11.6 Å². The number of aromatic nitrogens is 2. The Labute approximate surface area is 119 Å². The lowest BCUT2D eigenvalue weighted by molar-refractivity contribution is -0.142. The van der Waals surface area contributed by atoms with Crippen LogP contribution in [0.5, 0.6) is 0 Å². The number of nitrogens with zero attached hydrogens (tertiary/aromatic N) is 3. The van der Waals surface area contributed by atoms with Crippen molar-refractivity contribution < 1.29 is 9.90 Å². The van der Waals surface area contributed by atoms with E-state index in [0.29, 0.717) is 18.4 Å². The van der Waals surface area contributed by atoms with Crippen LogP contribution in [0.2, 0.25) is 0 Å². The van der Waals surface area contributed by atoms with E-state index in [9.17, 15) is 9.90 Å². The van der Waals surface area contributed by atoms with Gasteiger partial charge in [-0.05, 0) is 32.1 Å². The average molecular weight is 275 g/mol. The Morgan fingerprint density at radius 1 is 1.35 bits per heavy atom. The number of carbonyl (C=O) groups is 1. The molecule has 1 aromatic heterocycles. The Morgan fingerprint density at radius 3 is 2.75 bits per heavy atom. The molecule has 1 aliphatic carbocycles. The second-order valence-electron chi connectivity index (χ2n) is 6.28. The zero-order chi connectivity index (χ0) is 14.3. The van der Waals surface area contributed by atoms with Crippen LogP contribution in [0, 0.1) is 18.8 Å². The minimum Gasteiger partial charge on any atom is -0.481 e. The number of hydrogen-bond acceptors (Lipinski definition) is 4. The van der Waals surface area contributed by atoms with Gasteiger partial charge in [0.15, 0.2) is 0 Å². The monoisotopic (exact) mass is 275 g/mol. The molecule has 1 aromatic rings. The minimum atomic E-state index is -0.699. The molecule has 20 heavy (non-hydrogen) atoms. The van der Waals surface area contributed by atoms with E-state index >= 15 is 0 Å². The highest BCUT2D eigenvalue weighted by atomic mass is 16.4. The van der Waals surface area contributed by atoms with Gasteiger partial charge in [0.2, 0.25) is 0 Å². The van der Waals surface area contributed by atoms with Gasteiger partial charge in [0.25, 0.3) is 0 Å². The molecule has 5 nitrogen and oxygen atoms in total. The normalized spacial score (nSPS) is 26.6. The van der Waals surface area contributed by atoms with E-state index in [1.165, 1.54) is 12.8 Å². The fourth-order valence-corrected chi connectivity index (χ4v) is 2.98. The van der Waals surface area contributed by atoms with Gasteiger partial charge in [0, 0.05) is 30.8 Å². The fraction of sp³-hybridized carbons (Fsp3) is 0.667. The van der Waals surface area contributed by atoms with Gasteiger partial charge < -0.3 is 10.0 Å². The van der Waals surface area contributed by atoms with Crippen LogP contribution in [-0.4, -0.2) is 34.1 Å². The molecule has 0 amide bonds. The van der Waals surface area contributed by atoms with Crippen LogP contribution in [0.4, 0.5) is 5.82 Å². The molecule has 0 aromatic carbocycles. The largest absolute Gasteiger partial charge is 0.481 e. The quantitative estimate of drug-likeness (QED) is 0.916. The van der Waals surface area contributed by atoms with Crippen LogP contribution in [-0.2, 0) is 4.79 Å². The number of carboxylic acids is 1. The van der Waals surface area contributed by atoms with Crippen LogP contribution in [0.1, 0.15) is 43.6 Å². The number of aryl methyl sites for hydroxylation is 1. The van der Waals surface area contributed by atoms with Crippen molar-refractivity contribution in [1.29, 1.82) is 0 Å². The third-order valence-corrected chi connectivity index (χ3v) is 4.13. The van der Waals surface area contributed by atoms with Crippen molar-refractivity contribution in [3.63, 3.8) is 0 Å². The van der Waals surface area contributed by atoms with E-state index in [1.54, 1.807) is 0 Å². The Bertz CT molecular complexity index is 528. The summed E-state index contributed by atoms with van der Waals surface area (Å²) in [5.74, 6) is 1.74. The van der Waals surface area contributed by atoms with Crippen molar-refractivity contribution >= 4 is 11.8 Å². The highest BCUT2D eigenvalue weighted by Gasteiger charge is 2.32. The summed E-state index contributed by atoms with van der Waals surface area (Å²) < 4.78 is 0. The first kappa shape index (κ1) is 13.3. The van der Waals surface area contributed by atoms with E-state index in [4.69, 9.17) is 0 Å². The van der Waals surface area contributed by atoms with Gasteiger partial charge in [-0.3, -0.25) is 4.79 Å². The standard InChI is InChI=1S/C15H21N3O2/c1-9-5-12(15(19)20)8-18(7-9)13-6-10(2)16-14(17-13)11-3-4-11/h6,9,11-12H,3-5,7-8H2,1-2H3,(H,19,20). The highest BCUT2D eigenvalue weighted by molar-refractivity contribution is 5.71. The smallest absolute Gasteiger partial charge is 0.308 e. The van der Waals surface area contributed by atoms with Gasteiger partial charge in [-0.2, -0.15) is 0 Å². The van der Waals surface area contributed by atoms with Crippen molar-refractivity contribution in [1.82, 2.24) is 9.97 Å². The maximum absolute atomic E-state index is 11.3. The van der Waals surface area contributed by atoms with Crippen LogP contribution < -0.4 is 4.90 Å². The summed E-state index contributed by atoms with van der Waals surface area (Å²) in [5, 5.41) is 9.27. The third kappa shape index (κ3) is 2.76. The lowest BCUT2D eigenvalue weighted by Gasteiger charge is -2.35. The van der Waals surface area contributed by atoms with E-state index in [0.717, 1.165) is 30.3 Å². The van der Waals surface area contributed by atoms with Crippen molar-refractivity contribution in [2.24, 2.45) is 11.8 Å². The molecular formula is C15H21N3O2. The highest BCUT2D eigenvalue weighted by Crippen LogP contribution is 2.39. The molecule has 2 fully saturated rings. The predicted molar refractivity (Wildman–Crippen MR) is 75.9 cm³/mol. The van der Waals surface area contributed by atoms with E-state index in [2.05, 4.69) is 21.8 Å². The second kappa shape index (κ2) is 5.04. The van der Waals surface area contributed by atoms with E-state index in [1.807, 2.05) is 13.0 Å². The molecule has 3 rings (SSSR count). The van der Waals surface area contributed by atoms with Gasteiger partial charge in [-0.15, -0.1) is 0 Å². The molecule has 2 aliphatic rings. The molecule has 0 bridgehead atoms. The van der Waals surface area contributed by atoms with E-state index < -0.39 is 5.97 Å².